The highest BCUT2D eigenvalue weighted by Crippen LogP contribution is 2.18. The van der Waals surface area contributed by atoms with Crippen LogP contribution in [0, 0.1) is 0 Å². The van der Waals surface area contributed by atoms with E-state index in [4.69, 9.17) is 21.1 Å². The smallest absolute Gasteiger partial charge is 0.257 e. The predicted octanol–water partition coefficient (Wildman–Crippen LogP) is 3.48. The quantitative estimate of drug-likeness (QED) is 0.752. The van der Waals surface area contributed by atoms with Crippen LogP contribution in [0.15, 0.2) is 48.5 Å². The zero-order valence-corrected chi connectivity index (χ0v) is 13.8. The number of hydrogen-bond acceptors (Lipinski definition) is 3. The van der Waals surface area contributed by atoms with Gasteiger partial charge in [-0.2, -0.15) is 0 Å². The van der Waals surface area contributed by atoms with Crippen LogP contribution >= 0.6 is 11.6 Å². The first-order valence-electron chi connectivity index (χ1n) is 7.46. The maximum atomic E-state index is 11.7. The highest BCUT2D eigenvalue weighted by molar-refractivity contribution is 6.30. The van der Waals surface area contributed by atoms with E-state index in [1.54, 1.807) is 31.4 Å². The summed E-state index contributed by atoms with van der Waals surface area (Å²) < 4.78 is 10.7. The van der Waals surface area contributed by atoms with Crippen molar-refractivity contribution in [3.05, 3.63) is 59.1 Å². The molecule has 2 aromatic carbocycles. The van der Waals surface area contributed by atoms with Crippen LogP contribution in [0.5, 0.6) is 11.5 Å². The first kappa shape index (κ1) is 17.2. The molecule has 0 spiro atoms. The zero-order valence-electron chi connectivity index (χ0n) is 13.0. The van der Waals surface area contributed by atoms with E-state index in [1.807, 2.05) is 24.3 Å². The molecule has 1 amide bonds. The van der Waals surface area contributed by atoms with Crippen LogP contribution in [-0.4, -0.2) is 26.2 Å². The summed E-state index contributed by atoms with van der Waals surface area (Å²) in [5.74, 6) is 1.36. The van der Waals surface area contributed by atoms with Gasteiger partial charge in [-0.15, -0.1) is 0 Å². The molecule has 4 nitrogen and oxygen atoms in total. The number of halogens is 1. The Balaban J connectivity index is 1.66. The molecule has 0 aliphatic heterocycles. The molecule has 0 aromatic heterocycles. The number of carbonyl (C=O) groups is 1. The van der Waals surface area contributed by atoms with Gasteiger partial charge in [0.25, 0.3) is 5.91 Å². The van der Waals surface area contributed by atoms with Crippen LogP contribution in [-0.2, 0) is 11.2 Å². The van der Waals surface area contributed by atoms with Crippen LogP contribution in [0.4, 0.5) is 0 Å². The van der Waals surface area contributed by atoms with Crippen molar-refractivity contribution in [2.45, 2.75) is 12.8 Å². The highest BCUT2D eigenvalue weighted by Gasteiger charge is 2.04. The number of para-hydroxylation sites is 1. The van der Waals surface area contributed by atoms with Gasteiger partial charge in [-0.1, -0.05) is 29.8 Å². The van der Waals surface area contributed by atoms with Crippen molar-refractivity contribution in [1.82, 2.24) is 5.32 Å². The fourth-order valence-corrected chi connectivity index (χ4v) is 2.27. The number of hydrogen-bond donors (Lipinski definition) is 1. The number of benzene rings is 2. The minimum Gasteiger partial charge on any atom is -0.496 e. The summed E-state index contributed by atoms with van der Waals surface area (Å²) in [6.07, 6.45) is 1.69. The van der Waals surface area contributed by atoms with Gasteiger partial charge < -0.3 is 14.8 Å². The summed E-state index contributed by atoms with van der Waals surface area (Å²) >= 11 is 5.79. The minimum absolute atomic E-state index is 0.00368. The van der Waals surface area contributed by atoms with Gasteiger partial charge in [0.1, 0.15) is 11.5 Å². The normalized spacial score (nSPS) is 10.2. The molecule has 0 heterocycles. The lowest BCUT2D eigenvalue weighted by atomic mass is 10.1. The van der Waals surface area contributed by atoms with Crippen molar-refractivity contribution in [1.29, 1.82) is 0 Å². The fourth-order valence-electron chi connectivity index (χ4n) is 2.15. The van der Waals surface area contributed by atoms with E-state index >= 15 is 0 Å². The van der Waals surface area contributed by atoms with Crippen LogP contribution in [0.25, 0.3) is 0 Å². The van der Waals surface area contributed by atoms with Gasteiger partial charge in [0.15, 0.2) is 6.61 Å². The van der Waals surface area contributed by atoms with Crippen molar-refractivity contribution < 1.29 is 14.3 Å². The molecular formula is C18H20ClNO3. The summed E-state index contributed by atoms with van der Waals surface area (Å²) in [7, 11) is 1.66. The predicted molar refractivity (Wildman–Crippen MR) is 91.3 cm³/mol. The number of aryl methyl sites for hydroxylation is 1. The Kier molecular flexibility index (Phi) is 6.76. The molecule has 0 aliphatic rings. The molecule has 2 rings (SSSR count). The topological polar surface area (TPSA) is 47.6 Å². The Labute approximate surface area is 141 Å². The summed E-state index contributed by atoms with van der Waals surface area (Å²) in [6, 6.07) is 14.8. The second-order valence-corrected chi connectivity index (χ2v) is 5.44. The first-order chi connectivity index (χ1) is 11.2. The summed E-state index contributed by atoms with van der Waals surface area (Å²) in [6.45, 7) is 0.594. The molecule has 0 atom stereocenters. The zero-order chi connectivity index (χ0) is 16.5. The summed E-state index contributed by atoms with van der Waals surface area (Å²) in [4.78, 5) is 11.7. The van der Waals surface area contributed by atoms with Gasteiger partial charge >= 0.3 is 0 Å². The average Bonchev–Trinajstić information content (AvgIpc) is 2.58. The van der Waals surface area contributed by atoms with E-state index in [2.05, 4.69) is 5.32 Å². The van der Waals surface area contributed by atoms with E-state index in [9.17, 15) is 4.79 Å². The maximum Gasteiger partial charge on any atom is 0.257 e. The molecule has 122 valence electrons. The molecule has 0 saturated heterocycles. The molecule has 2 aromatic rings. The number of methoxy groups -OCH3 is 1. The second-order valence-electron chi connectivity index (χ2n) is 5.01. The molecule has 0 unspecified atom stereocenters. The molecule has 0 aliphatic carbocycles. The Morgan fingerprint density at radius 3 is 2.61 bits per heavy atom. The molecule has 0 saturated carbocycles. The Morgan fingerprint density at radius 2 is 1.87 bits per heavy atom. The van der Waals surface area contributed by atoms with Gasteiger partial charge in [0.05, 0.1) is 7.11 Å². The summed E-state index contributed by atoms with van der Waals surface area (Å²) in [5, 5.41) is 3.48. The molecule has 23 heavy (non-hydrogen) atoms. The lowest BCUT2D eigenvalue weighted by Gasteiger charge is -2.09. The molecule has 0 radical (unpaired) electrons. The van der Waals surface area contributed by atoms with Gasteiger partial charge in [-0.25, -0.2) is 0 Å². The van der Waals surface area contributed by atoms with E-state index < -0.39 is 0 Å². The van der Waals surface area contributed by atoms with Gasteiger partial charge in [-0.05, 0) is 48.7 Å². The fraction of sp³-hybridized carbons (Fsp3) is 0.278. The molecule has 1 N–H and O–H groups in total. The summed E-state index contributed by atoms with van der Waals surface area (Å²) in [5.41, 5.74) is 1.14. The van der Waals surface area contributed by atoms with Crippen LogP contribution in [0.3, 0.4) is 0 Å². The average molecular weight is 334 g/mol. The molecular weight excluding hydrogens is 314 g/mol. The van der Waals surface area contributed by atoms with Crippen LogP contribution in [0.2, 0.25) is 5.02 Å². The van der Waals surface area contributed by atoms with Gasteiger partial charge in [0.2, 0.25) is 0 Å². The number of amides is 1. The SMILES string of the molecule is COc1ccccc1CCCNC(=O)COc1ccc(Cl)cc1. The number of ether oxygens (including phenoxy) is 2. The monoisotopic (exact) mass is 333 g/mol. The van der Waals surface area contributed by atoms with Crippen molar-refractivity contribution in [3.8, 4) is 11.5 Å². The molecule has 5 heteroatoms. The molecule has 0 fully saturated rings. The number of carbonyl (C=O) groups excluding carboxylic acids is 1. The second kappa shape index (κ2) is 9.06. The minimum atomic E-state index is -0.139. The van der Waals surface area contributed by atoms with Crippen molar-refractivity contribution in [2.24, 2.45) is 0 Å². The number of rotatable bonds is 8. The lowest BCUT2D eigenvalue weighted by molar-refractivity contribution is -0.123. The Morgan fingerprint density at radius 1 is 1.13 bits per heavy atom. The third-order valence-electron chi connectivity index (χ3n) is 3.32. The largest absolute Gasteiger partial charge is 0.496 e. The van der Waals surface area contributed by atoms with Crippen LogP contribution < -0.4 is 14.8 Å². The third-order valence-corrected chi connectivity index (χ3v) is 3.57. The van der Waals surface area contributed by atoms with Crippen LogP contribution in [0.1, 0.15) is 12.0 Å². The van der Waals surface area contributed by atoms with Crippen molar-refractivity contribution in [2.75, 3.05) is 20.3 Å². The first-order valence-corrected chi connectivity index (χ1v) is 7.84. The standard InChI is InChI=1S/C18H20ClNO3/c1-22-17-7-3-2-5-14(17)6-4-12-20-18(21)13-23-16-10-8-15(19)9-11-16/h2-3,5,7-11H,4,6,12-13H2,1H3,(H,20,21). The Hall–Kier alpha value is -2.20. The van der Waals surface area contributed by atoms with E-state index in [-0.39, 0.29) is 12.5 Å². The van der Waals surface area contributed by atoms with E-state index in [0.29, 0.717) is 17.3 Å². The number of nitrogens with one attached hydrogen (secondary N) is 1. The highest BCUT2D eigenvalue weighted by atomic mass is 35.5. The van der Waals surface area contributed by atoms with E-state index in [1.165, 1.54) is 0 Å². The van der Waals surface area contributed by atoms with Crippen molar-refractivity contribution in [3.63, 3.8) is 0 Å². The molecule has 0 bridgehead atoms. The lowest BCUT2D eigenvalue weighted by Crippen LogP contribution is -2.29. The van der Waals surface area contributed by atoms with E-state index in [0.717, 1.165) is 24.2 Å². The Bertz CT molecular complexity index is 628. The third kappa shape index (κ3) is 5.83. The maximum absolute atomic E-state index is 11.7. The van der Waals surface area contributed by atoms with Crippen molar-refractivity contribution >= 4 is 17.5 Å². The van der Waals surface area contributed by atoms with Gasteiger partial charge in [-0.3, -0.25) is 4.79 Å². The van der Waals surface area contributed by atoms with Gasteiger partial charge in [0, 0.05) is 11.6 Å².